The first-order valence-electron chi connectivity index (χ1n) is 6.33. The molecule has 1 fully saturated rings. The SMILES string of the molecule is CC(C)Oc1ccc(NC(=O)C2CCC2)cc1Cl. The highest BCUT2D eigenvalue weighted by atomic mass is 35.5. The Balaban J connectivity index is 2.01. The number of carbonyl (C=O) groups excluding carboxylic acids is 1. The average Bonchev–Trinajstić information content (AvgIpc) is 2.18. The molecule has 1 aliphatic carbocycles. The van der Waals surface area contributed by atoms with E-state index in [1.165, 1.54) is 0 Å². The second-order valence-electron chi connectivity index (χ2n) is 4.93. The molecule has 0 spiro atoms. The molecule has 1 aromatic carbocycles. The topological polar surface area (TPSA) is 38.3 Å². The summed E-state index contributed by atoms with van der Waals surface area (Å²) in [6, 6.07) is 5.34. The maximum atomic E-state index is 11.8. The van der Waals surface area contributed by atoms with E-state index in [2.05, 4.69) is 5.32 Å². The second-order valence-corrected chi connectivity index (χ2v) is 5.34. The fraction of sp³-hybridized carbons (Fsp3) is 0.500. The summed E-state index contributed by atoms with van der Waals surface area (Å²) in [5, 5.41) is 3.41. The first-order chi connectivity index (χ1) is 8.56. The van der Waals surface area contributed by atoms with Gasteiger partial charge in [-0.1, -0.05) is 18.0 Å². The summed E-state index contributed by atoms with van der Waals surface area (Å²) in [4.78, 5) is 11.8. The summed E-state index contributed by atoms with van der Waals surface area (Å²) >= 11 is 6.11. The predicted octanol–water partition coefficient (Wildman–Crippen LogP) is 3.87. The molecule has 0 radical (unpaired) electrons. The van der Waals surface area contributed by atoms with Gasteiger partial charge in [-0.15, -0.1) is 0 Å². The Hall–Kier alpha value is -1.22. The van der Waals surface area contributed by atoms with Crippen LogP contribution >= 0.6 is 11.6 Å². The molecule has 0 atom stereocenters. The van der Waals surface area contributed by atoms with E-state index < -0.39 is 0 Å². The van der Waals surface area contributed by atoms with Crippen LogP contribution in [-0.2, 0) is 4.79 Å². The first kappa shape index (κ1) is 13.2. The van der Waals surface area contributed by atoms with Gasteiger partial charge < -0.3 is 10.1 Å². The van der Waals surface area contributed by atoms with E-state index in [-0.39, 0.29) is 17.9 Å². The third kappa shape index (κ3) is 3.16. The summed E-state index contributed by atoms with van der Waals surface area (Å²) in [6.45, 7) is 3.89. The number of halogens is 1. The highest BCUT2D eigenvalue weighted by Crippen LogP contribution is 2.31. The largest absolute Gasteiger partial charge is 0.489 e. The van der Waals surface area contributed by atoms with Gasteiger partial charge in [0.2, 0.25) is 5.91 Å². The lowest BCUT2D eigenvalue weighted by atomic mass is 9.85. The van der Waals surface area contributed by atoms with Crippen molar-refractivity contribution in [2.24, 2.45) is 5.92 Å². The summed E-state index contributed by atoms with van der Waals surface area (Å²) in [7, 11) is 0. The Morgan fingerprint density at radius 3 is 2.67 bits per heavy atom. The fourth-order valence-electron chi connectivity index (χ4n) is 1.84. The number of benzene rings is 1. The minimum atomic E-state index is 0.0814. The quantitative estimate of drug-likeness (QED) is 0.899. The Kier molecular flexibility index (Phi) is 4.12. The van der Waals surface area contributed by atoms with Crippen molar-refractivity contribution in [1.82, 2.24) is 0 Å². The maximum Gasteiger partial charge on any atom is 0.227 e. The third-order valence-corrected chi connectivity index (χ3v) is 3.33. The lowest BCUT2D eigenvalue weighted by Crippen LogP contribution is -2.28. The molecule has 0 saturated heterocycles. The number of carbonyl (C=O) groups is 1. The van der Waals surface area contributed by atoms with Crippen molar-refractivity contribution in [3.63, 3.8) is 0 Å². The molecule has 0 heterocycles. The van der Waals surface area contributed by atoms with E-state index >= 15 is 0 Å². The highest BCUT2D eigenvalue weighted by molar-refractivity contribution is 6.32. The summed E-state index contributed by atoms with van der Waals surface area (Å²) < 4.78 is 5.54. The smallest absolute Gasteiger partial charge is 0.227 e. The third-order valence-electron chi connectivity index (χ3n) is 3.04. The van der Waals surface area contributed by atoms with Gasteiger partial charge in [-0.05, 0) is 44.9 Å². The van der Waals surface area contributed by atoms with Gasteiger partial charge in [0, 0.05) is 11.6 Å². The monoisotopic (exact) mass is 267 g/mol. The van der Waals surface area contributed by atoms with E-state index in [4.69, 9.17) is 16.3 Å². The van der Waals surface area contributed by atoms with Crippen molar-refractivity contribution >= 4 is 23.2 Å². The second kappa shape index (κ2) is 5.61. The number of amides is 1. The van der Waals surface area contributed by atoms with Gasteiger partial charge >= 0.3 is 0 Å². The number of hydrogen-bond donors (Lipinski definition) is 1. The zero-order valence-electron chi connectivity index (χ0n) is 10.7. The van der Waals surface area contributed by atoms with Crippen LogP contribution in [0.2, 0.25) is 5.02 Å². The standard InChI is InChI=1S/C14H18ClNO2/c1-9(2)18-13-7-6-11(8-12(13)15)16-14(17)10-4-3-5-10/h6-10H,3-5H2,1-2H3,(H,16,17). The lowest BCUT2D eigenvalue weighted by molar-refractivity contribution is -0.122. The molecule has 1 aromatic rings. The summed E-state index contributed by atoms with van der Waals surface area (Å²) in [5.74, 6) is 0.915. The van der Waals surface area contributed by atoms with Crippen LogP contribution in [0.1, 0.15) is 33.1 Å². The van der Waals surface area contributed by atoms with Crippen LogP contribution in [0.15, 0.2) is 18.2 Å². The van der Waals surface area contributed by atoms with Crippen molar-refractivity contribution in [1.29, 1.82) is 0 Å². The number of anilines is 1. The number of rotatable bonds is 4. The maximum absolute atomic E-state index is 11.8. The minimum Gasteiger partial charge on any atom is -0.489 e. The lowest BCUT2D eigenvalue weighted by Gasteiger charge is -2.24. The molecule has 18 heavy (non-hydrogen) atoms. The van der Waals surface area contributed by atoms with Crippen molar-refractivity contribution in [2.45, 2.75) is 39.2 Å². The molecule has 1 aliphatic rings. The highest BCUT2D eigenvalue weighted by Gasteiger charge is 2.25. The van der Waals surface area contributed by atoms with Gasteiger partial charge in [0.05, 0.1) is 11.1 Å². The summed E-state index contributed by atoms with van der Waals surface area (Å²) in [6.07, 6.45) is 3.22. The molecule has 98 valence electrons. The average molecular weight is 268 g/mol. The van der Waals surface area contributed by atoms with Gasteiger partial charge in [0.25, 0.3) is 0 Å². The van der Waals surface area contributed by atoms with Crippen LogP contribution in [0.5, 0.6) is 5.75 Å². The molecule has 1 saturated carbocycles. The van der Waals surface area contributed by atoms with Gasteiger partial charge in [0.1, 0.15) is 5.75 Å². The molecule has 2 rings (SSSR count). The van der Waals surface area contributed by atoms with Crippen LogP contribution in [-0.4, -0.2) is 12.0 Å². The molecule has 0 bridgehead atoms. The normalized spacial score (nSPS) is 15.3. The molecular formula is C14H18ClNO2. The van der Waals surface area contributed by atoms with Gasteiger partial charge in [-0.25, -0.2) is 0 Å². The van der Waals surface area contributed by atoms with Crippen LogP contribution in [0.4, 0.5) is 5.69 Å². The summed E-state index contributed by atoms with van der Waals surface area (Å²) in [5.41, 5.74) is 0.730. The van der Waals surface area contributed by atoms with E-state index in [9.17, 15) is 4.79 Å². The molecule has 4 heteroatoms. The Morgan fingerprint density at radius 2 is 2.17 bits per heavy atom. The Bertz CT molecular complexity index is 441. The van der Waals surface area contributed by atoms with Crippen LogP contribution < -0.4 is 10.1 Å². The zero-order valence-corrected chi connectivity index (χ0v) is 11.5. The first-order valence-corrected chi connectivity index (χ1v) is 6.71. The minimum absolute atomic E-state index is 0.0814. The van der Waals surface area contributed by atoms with Crippen molar-refractivity contribution in [2.75, 3.05) is 5.32 Å². The van der Waals surface area contributed by atoms with Crippen LogP contribution in [0.3, 0.4) is 0 Å². The Morgan fingerprint density at radius 1 is 1.44 bits per heavy atom. The molecular weight excluding hydrogens is 250 g/mol. The van der Waals surface area contributed by atoms with E-state index in [0.717, 1.165) is 24.9 Å². The molecule has 1 N–H and O–H groups in total. The van der Waals surface area contributed by atoms with Crippen molar-refractivity contribution < 1.29 is 9.53 Å². The van der Waals surface area contributed by atoms with Gasteiger partial charge in [-0.3, -0.25) is 4.79 Å². The van der Waals surface area contributed by atoms with Crippen molar-refractivity contribution in [3.05, 3.63) is 23.2 Å². The fourth-order valence-corrected chi connectivity index (χ4v) is 2.07. The van der Waals surface area contributed by atoms with Gasteiger partial charge in [-0.2, -0.15) is 0 Å². The zero-order chi connectivity index (χ0) is 13.1. The van der Waals surface area contributed by atoms with Gasteiger partial charge in [0.15, 0.2) is 0 Å². The van der Waals surface area contributed by atoms with E-state index in [1.807, 2.05) is 19.9 Å². The predicted molar refractivity (Wildman–Crippen MR) is 73.2 cm³/mol. The molecule has 0 aromatic heterocycles. The molecule has 0 aliphatic heterocycles. The number of ether oxygens (including phenoxy) is 1. The molecule has 0 unspecified atom stereocenters. The molecule has 1 amide bonds. The van der Waals surface area contributed by atoms with Crippen LogP contribution in [0.25, 0.3) is 0 Å². The van der Waals surface area contributed by atoms with Crippen molar-refractivity contribution in [3.8, 4) is 5.75 Å². The van der Waals surface area contributed by atoms with E-state index in [1.54, 1.807) is 12.1 Å². The number of nitrogens with one attached hydrogen (secondary N) is 1. The molecule has 3 nitrogen and oxygen atoms in total. The Labute approximate surface area is 112 Å². The number of hydrogen-bond acceptors (Lipinski definition) is 2. The van der Waals surface area contributed by atoms with Crippen LogP contribution in [0, 0.1) is 5.92 Å². The van der Waals surface area contributed by atoms with E-state index in [0.29, 0.717) is 10.8 Å².